The number of nitrogens with zero attached hydrogens (tertiary/aromatic N) is 1. The van der Waals surface area contributed by atoms with Crippen molar-refractivity contribution in [2.24, 2.45) is 0 Å². The molecule has 7 nitrogen and oxygen atoms in total. The number of hydrogen-bond acceptors (Lipinski definition) is 5. The molecule has 0 radical (unpaired) electrons. The van der Waals surface area contributed by atoms with Gasteiger partial charge in [-0.15, -0.1) is 0 Å². The average Bonchev–Trinajstić information content (AvgIpc) is 2.84. The lowest BCUT2D eigenvalue weighted by molar-refractivity contribution is -0.116. The van der Waals surface area contributed by atoms with E-state index >= 15 is 0 Å². The highest BCUT2D eigenvalue weighted by Gasteiger charge is 2.25. The highest BCUT2D eigenvalue weighted by atomic mass is 32.2. The molecule has 1 amide bonds. The van der Waals surface area contributed by atoms with Crippen LogP contribution in [0.4, 0.5) is 11.4 Å². The number of hydrogen-bond donors (Lipinski definition) is 1. The number of anilines is 2. The Morgan fingerprint density at radius 1 is 0.939 bits per heavy atom. The Morgan fingerprint density at radius 3 is 2.24 bits per heavy atom. The van der Waals surface area contributed by atoms with Crippen molar-refractivity contribution in [1.82, 2.24) is 0 Å². The Balaban J connectivity index is 1.79. The van der Waals surface area contributed by atoms with Crippen LogP contribution in [0, 0.1) is 0 Å². The van der Waals surface area contributed by atoms with Crippen LogP contribution in [-0.2, 0) is 21.2 Å². The Hall–Kier alpha value is -3.52. The molecule has 8 heteroatoms. The molecule has 174 valence electrons. The largest absolute Gasteiger partial charge is 0.497 e. The van der Waals surface area contributed by atoms with Gasteiger partial charge in [0.1, 0.15) is 11.5 Å². The van der Waals surface area contributed by atoms with Gasteiger partial charge in [-0.05, 0) is 61.4 Å². The molecule has 0 aliphatic heterocycles. The van der Waals surface area contributed by atoms with E-state index in [0.29, 0.717) is 23.5 Å². The average molecular weight is 469 g/mol. The van der Waals surface area contributed by atoms with Crippen LogP contribution < -0.4 is 19.1 Å². The van der Waals surface area contributed by atoms with Crippen LogP contribution in [0.15, 0.2) is 77.7 Å². The van der Waals surface area contributed by atoms with Crippen LogP contribution in [0.1, 0.15) is 18.9 Å². The lowest BCUT2D eigenvalue weighted by Crippen LogP contribution is -2.30. The quantitative estimate of drug-likeness (QED) is 0.474. The molecule has 0 saturated heterocycles. The minimum Gasteiger partial charge on any atom is -0.497 e. The number of amides is 1. The minimum atomic E-state index is -3.83. The number of sulfonamides is 1. The first kappa shape index (κ1) is 24.1. The van der Waals surface area contributed by atoms with E-state index in [9.17, 15) is 13.2 Å². The van der Waals surface area contributed by atoms with E-state index in [2.05, 4.69) is 5.32 Å². The van der Waals surface area contributed by atoms with Crippen LogP contribution >= 0.6 is 0 Å². The van der Waals surface area contributed by atoms with Crippen LogP contribution in [0.25, 0.3) is 0 Å². The standard InChI is InChI=1S/C25H28N2O5S/c1-4-27(20-8-6-5-7-9-20)33(29,30)22-15-16-24(32-3)23(18-22)26-25(28)17-12-19-10-13-21(31-2)14-11-19/h5-11,13-16,18H,4,12,17H2,1-3H3,(H,26,28). The van der Waals surface area contributed by atoms with Gasteiger partial charge in [-0.25, -0.2) is 8.42 Å². The van der Waals surface area contributed by atoms with Crippen molar-refractivity contribution in [3.8, 4) is 11.5 Å². The molecule has 3 aromatic carbocycles. The summed E-state index contributed by atoms with van der Waals surface area (Å²) in [5, 5.41) is 2.79. The zero-order valence-corrected chi connectivity index (χ0v) is 19.8. The Bertz CT molecular complexity index is 1180. The summed E-state index contributed by atoms with van der Waals surface area (Å²) in [5.74, 6) is 0.895. The highest BCUT2D eigenvalue weighted by molar-refractivity contribution is 7.92. The second kappa shape index (κ2) is 10.9. The molecule has 1 N–H and O–H groups in total. The fourth-order valence-corrected chi connectivity index (χ4v) is 4.92. The Kier molecular flexibility index (Phi) is 7.95. The van der Waals surface area contributed by atoms with Gasteiger partial charge in [-0.1, -0.05) is 30.3 Å². The zero-order chi connectivity index (χ0) is 23.8. The second-order valence-corrected chi connectivity index (χ2v) is 9.13. The summed E-state index contributed by atoms with van der Waals surface area (Å²) in [6.07, 6.45) is 0.769. The summed E-state index contributed by atoms with van der Waals surface area (Å²) in [5.41, 5.74) is 1.87. The number of rotatable bonds is 10. The first-order valence-electron chi connectivity index (χ1n) is 10.6. The third-order valence-electron chi connectivity index (χ3n) is 5.16. The number of carbonyl (C=O) groups is 1. The number of benzene rings is 3. The van der Waals surface area contributed by atoms with Crippen molar-refractivity contribution in [2.75, 3.05) is 30.4 Å². The monoisotopic (exact) mass is 468 g/mol. The van der Waals surface area contributed by atoms with Gasteiger partial charge in [0.05, 0.1) is 30.5 Å². The van der Waals surface area contributed by atoms with Gasteiger partial charge < -0.3 is 14.8 Å². The molecule has 0 saturated carbocycles. The fourth-order valence-electron chi connectivity index (χ4n) is 3.42. The third-order valence-corrected chi connectivity index (χ3v) is 7.06. The normalized spacial score (nSPS) is 11.0. The van der Waals surface area contributed by atoms with Crippen molar-refractivity contribution < 1.29 is 22.7 Å². The molecule has 0 aromatic heterocycles. The van der Waals surface area contributed by atoms with Crippen molar-refractivity contribution >= 4 is 27.3 Å². The van der Waals surface area contributed by atoms with Gasteiger partial charge >= 0.3 is 0 Å². The topological polar surface area (TPSA) is 84.9 Å². The summed E-state index contributed by atoms with van der Waals surface area (Å²) in [7, 11) is -0.763. The molecule has 0 spiro atoms. The predicted molar refractivity (Wildman–Crippen MR) is 130 cm³/mol. The number of aryl methyl sites for hydroxylation is 1. The lowest BCUT2D eigenvalue weighted by Gasteiger charge is -2.23. The predicted octanol–water partition coefficient (Wildman–Crippen LogP) is 4.49. The van der Waals surface area contributed by atoms with E-state index in [1.54, 1.807) is 44.4 Å². The molecule has 33 heavy (non-hydrogen) atoms. The molecule has 0 fully saturated rings. The minimum absolute atomic E-state index is 0.0689. The number of ether oxygens (including phenoxy) is 2. The summed E-state index contributed by atoms with van der Waals surface area (Å²) in [6.45, 7) is 2.04. The molecule has 0 aliphatic rings. The summed E-state index contributed by atoms with van der Waals surface area (Å²) >= 11 is 0. The van der Waals surface area contributed by atoms with E-state index < -0.39 is 10.0 Å². The van der Waals surface area contributed by atoms with Gasteiger partial charge in [0.15, 0.2) is 0 Å². The number of nitrogens with one attached hydrogen (secondary N) is 1. The van der Waals surface area contributed by atoms with Gasteiger partial charge in [-0.2, -0.15) is 0 Å². The Morgan fingerprint density at radius 2 is 1.64 bits per heavy atom. The van der Waals surface area contributed by atoms with E-state index in [1.807, 2.05) is 30.3 Å². The van der Waals surface area contributed by atoms with Crippen LogP contribution in [0.5, 0.6) is 11.5 Å². The van der Waals surface area contributed by atoms with Crippen molar-refractivity contribution in [1.29, 1.82) is 0 Å². The summed E-state index contributed by atoms with van der Waals surface area (Å²) in [6, 6.07) is 20.9. The van der Waals surface area contributed by atoms with Crippen molar-refractivity contribution in [2.45, 2.75) is 24.7 Å². The molecular formula is C25H28N2O5S. The zero-order valence-electron chi connectivity index (χ0n) is 18.9. The molecule has 0 aliphatic carbocycles. The van der Waals surface area contributed by atoms with E-state index in [0.717, 1.165) is 11.3 Å². The Labute approximate surface area is 195 Å². The highest BCUT2D eigenvalue weighted by Crippen LogP contribution is 2.31. The molecule has 0 unspecified atom stereocenters. The van der Waals surface area contributed by atoms with Crippen LogP contribution in [0.3, 0.4) is 0 Å². The van der Waals surface area contributed by atoms with E-state index in [-0.39, 0.29) is 23.8 Å². The summed E-state index contributed by atoms with van der Waals surface area (Å²) in [4.78, 5) is 12.7. The maximum atomic E-state index is 13.3. The van der Waals surface area contributed by atoms with Gasteiger partial charge in [0.2, 0.25) is 5.91 Å². The number of para-hydroxylation sites is 1. The molecule has 3 aromatic rings. The first-order chi connectivity index (χ1) is 15.9. The lowest BCUT2D eigenvalue weighted by atomic mass is 10.1. The van der Waals surface area contributed by atoms with Crippen molar-refractivity contribution in [3.63, 3.8) is 0 Å². The second-order valence-electron chi connectivity index (χ2n) is 7.26. The molecule has 0 heterocycles. The van der Waals surface area contributed by atoms with E-state index in [4.69, 9.17) is 9.47 Å². The van der Waals surface area contributed by atoms with Gasteiger partial charge in [-0.3, -0.25) is 9.10 Å². The fraction of sp³-hybridized carbons (Fsp3) is 0.240. The third kappa shape index (κ3) is 5.84. The number of carbonyl (C=O) groups excluding carboxylic acids is 1. The maximum absolute atomic E-state index is 13.3. The SMILES string of the molecule is CCN(c1ccccc1)S(=O)(=O)c1ccc(OC)c(NC(=O)CCc2ccc(OC)cc2)c1. The first-order valence-corrected chi connectivity index (χ1v) is 12.0. The number of methoxy groups -OCH3 is 2. The molecule has 0 atom stereocenters. The molecule has 0 bridgehead atoms. The van der Waals surface area contributed by atoms with E-state index in [1.165, 1.54) is 23.5 Å². The molecule has 3 rings (SSSR count). The van der Waals surface area contributed by atoms with Gasteiger partial charge in [0, 0.05) is 13.0 Å². The summed E-state index contributed by atoms with van der Waals surface area (Å²) < 4.78 is 38.5. The van der Waals surface area contributed by atoms with Crippen LogP contribution in [0.2, 0.25) is 0 Å². The van der Waals surface area contributed by atoms with Crippen molar-refractivity contribution in [3.05, 3.63) is 78.4 Å². The van der Waals surface area contributed by atoms with Crippen LogP contribution in [-0.4, -0.2) is 35.1 Å². The maximum Gasteiger partial charge on any atom is 0.264 e. The smallest absolute Gasteiger partial charge is 0.264 e. The van der Waals surface area contributed by atoms with Gasteiger partial charge in [0.25, 0.3) is 10.0 Å². The molecular weight excluding hydrogens is 440 g/mol.